The number of amides is 1. The summed E-state index contributed by atoms with van der Waals surface area (Å²) in [5, 5.41) is 12.5. The Morgan fingerprint density at radius 1 is 0.923 bits per heavy atom. The lowest BCUT2D eigenvalue weighted by Crippen LogP contribution is -2.25. The summed E-state index contributed by atoms with van der Waals surface area (Å²) < 4.78 is 0. The summed E-state index contributed by atoms with van der Waals surface area (Å²) in [6.07, 6.45) is 3.31. The predicted molar refractivity (Wildman–Crippen MR) is 97.4 cm³/mol. The molecule has 1 aliphatic carbocycles. The van der Waals surface area contributed by atoms with Crippen LogP contribution in [0.5, 0.6) is 0 Å². The van der Waals surface area contributed by atoms with Gasteiger partial charge in [-0.3, -0.25) is 14.8 Å². The first-order valence-electron chi connectivity index (χ1n) is 8.17. The van der Waals surface area contributed by atoms with Crippen molar-refractivity contribution in [1.29, 1.82) is 5.26 Å². The van der Waals surface area contributed by atoms with E-state index in [2.05, 4.69) is 15.3 Å². The van der Waals surface area contributed by atoms with Crippen LogP contribution in [0.3, 0.4) is 0 Å². The fraction of sp³-hybridized carbons (Fsp3) is 0.0476. The maximum atomic E-state index is 12.7. The van der Waals surface area contributed by atoms with Crippen molar-refractivity contribution < 1.29 is 4.79 Å². The largest absolute Gasteiger partial charge is 0.347 e. The van der Waals surface area contributed by atoms with E-state index in [4.69, 9.17) is 0 Å². The molecule has 26 heavy (non-hydrogen) atoms. The summed E-state index contributed by atoms with van der Waals surface area (Å²) in [5.74, 6) is -0.429. The van der Waals surface area contributed by atoms with E-state index in [1.165, 1.54) is 0 Å². The van der Waals surface area contributed by atoms with Crippen LogP contribution in [0.4, 0.5) is 0 Å². The lowest BCUT2D eigenvalue weighted by Gasteiger charge is -2.07. The molecular formula is C21H14N4O. The van der Waals surface area contributed by atoms with E-state index < -0.39 is 5.91 Å². The third-order valence-corrected chi connectivity index (χ3v) is 4.26. The minimum atomic E-state index is -0.429. The smallest absolute Gasteiger partial charge is 0.262 e. The van der Waals surface area contributed by atoms with Crippen LogP contribution < -0.4 is 5.32 Å². The fourth-order valence-electron chi connectivity index (χ4n) is 3.08. The third kappa shape index (κ3) is 2.64. The van der Waals surface area contributed by atoms with Gasteiger partial charge in [-0.2, -0.15) is 5.26 Å². The first kappa shape index (κ1) is 15.7. The van der Waals surface area contributed by atoms with Gasteiger partial charge in [-0.15, -0.1) is 0 Å². The summed E-state index contributed by atoms with van der Waals surface area (Å²) in [7, 11) is 0. The topological polar surface area (TPSA) is 78.7 Å². The Balaban J connectivity index is 1.76. The van der Waals surface area contributed by atoms with Gasteiger partial charge >= 0.3 is 0 Å². The number of aromatic nitrogens is 2. The minimum Gasteiger partial charge on any atom is -0.347 e. The van der Waals surface area contributed by atoms with Crippen LogP contribution in [-0.2, 0) is 11.3 Å². The van der Waals surface area contributed by atoms with E-state index in [-0.39, 0.29) is 5.57 Å². The van der Waals surface area contributed by atoms with Gasteiger partial charge in [0.05, 0.1) is 17.0 Å². The van der Waals surface area contributed by atoms with Crippen molar-refractivity contribution >= 4 is 11.5 Å². The summed E-state index contributed by atoms with van der Waals surface area (Å²) >= 11 is 0. The summed E-state index contributed by atoms with van der Waals surface area (Å²) in [6.45, 7) is 0.349. The van der Waals surface area contributed by atoms with Crippen LogP contribution in [0.15, 0.2) is 72.6 Å². The van der Waals surface area contributed by atoms with E-state index in [1.807, 2.05) is 60.7 Å². The highest BCUT2D eigenvalue weighted by molar-refractivity contribution is 6.12. The molecule has 0 unspecified atom stereocenters. The normalized spacial score (nSPS) is 11.3. The van der Waals surface area contributed by atoms with Gasteiger partial charge < -0.3 is 5.32 Å². The van der Waals surface area contributed by atoms with E-state index in [0.29, 0.717) is 23.5 Å². The molecule has 0 spiro atoms. The molecule has 1 aromatic carbocycles. The highest BCUT2D eigenvalue weighted by atomic mass is 16.1. The third-order valence-electron chi connectivity index (χ3n) is 4.26. The molecule has 0 fully saturated rings. The molecule has 1 aliphatic rings. The average molecular weight is 338 g/mol. The van der Waals surface area contributed by atoms with Gasteiger partial charge in [0, 0.05) is 30.1 Å². The first-order chi connectivity index (χ1) is 12.8. The van der Waals surface area contributed by atoms with Crippen LogP contribution in [0.2, 0.25) is 0 Å². The second kappa shape index (κ2) is 6.61. The molecular weight excluding hydrogens is 324 g/mol. The first-order valence-corrected chi connectivity index (χ1v) is 8.17. The number of nitrogens with one attached hydrogen (secondary N) is 1. The van der Waals surface area contributed by atoms with E-state index >= 15 is 0 Å². The Hall–Kier alpha value is -3.78. The molecule has 0 aliphatic heterocycles. The zero-order valence-corrected chi connectivity index (χ0v) is 13.8. The van der Waals surface area contributed by atoms with Crippen LogP contribution in [0.1, 0.15) is 17.0 Å². The standard InChI is InChI=1S/C21H14N4O/c22-12-17(21(26)25-13-14-6-2-1-3-7-14)18-19-15(8-4-10-23-19)16-9-5-11-24-20(16)18/h1-11H,13H2,(H,25,26). The van der Waals surface area contributed by atoms with Gasteiger partial charge in [-0.05, 0) is 17.7 Å². The lowest BCUT2D eigenvalue weighted by molar-refractivity contribution is -0.117. The molecule has 3 aromatic rings. The molecule has 0 saturated heterocycles. The van der Waals surface area contributed by atoms with Gasteiger partial charge in [0.15, 0.2) is 0 Å². The molecule has 0 bridgehead atoms. The molecule has 2 heterocycles. The van der Waals surface area contributed by atoms with Gasteiger partial charge in [0.25, 0.3) is 5.91 Å². The predicted octanol–water partition coefficient (Wildman–Crippen LogP) is 3.10. The SMILES string of the molecule is N#CC(C(=O)NCc1ccccc1)=C1c2ncccc2-c2cccnc21. The highest BCUT2D eigenvalue weighted by Gasteiger charge is 2.30. The van der Waals surface area contributed by atoms with Crippen molar-refractivity contribution in [3.8, 4) is 17.2 Å². The maximum absolute atomic E-state index is 12.7. The molecule has 1 N–H and O–H groups in total. The summed E-state index contributed by atoms with van der Waals surface area (Å²) in [5.41, 5.74) is 4.48. The molecule has 0 atom stereocenters. The van der Waals surface area contributed by atoms with Crippen molar-refractivity contribution in [3.63, 3.8) is 0 Å². The Morgan fingerprint density at radius 3 is 2.12 bits per heavy atom. The second-order valence-electron chi connectivity index (χ2n) is 5.83. The molecule has 5 heteroatoms. The van der Waals surface area contributed by atoms with Gasteiger partial charge in [0.2, 0.25) is 0 Å². The number of pyridine rings is 2. The van der Waals surface area contributed by atoms with E-state index in [1.54, 1.807) is 12.4 Å². The van der Waals surface area contributed by atoms with Crippen LogP contribution in [0.25, 0.3) is 16.7 Å². The Morgan fingerprint density at radius 2 is 1.54 bits per heavy atom. The zero-order chi connectivity index (χ0) is 17.9. The van der Waals surface area contributed by atoms with Crippen LogP contribution in [0, 0.1) is 11.3 Å². The maximum Gasteiger partial charge on any atom is 0.262 e. The molecule has 0 radical (unpaired) electrons. The van der Waals surface area contributed by atoms with Crippen molar-refractivity contribution in [2.24, 2.45) is 0 Å². The Kier molecular flexibility index (Phi) is 4.00. The second-order valence-corrected chi connectivity index (χ2v) is 5.83. The van der Waals surface area contributed by atoms with Crippen molar-refractivity contribution in [2.45, 2.75) is 6.54 Å². The minimum absolute atomic E-state index is 0.0262. The van der Waals surface area contributed by atoms with E-state index in [0.717, 1.165) is 16.7 Å². The highest BCUT2D eigenvalue weighted by Crippen LogP contribution is 2.42. The van der Waals surface area contributed by atoms with Crippen molar-refractivity contribution in [1.82, 2.24) is 15.3 Å². The number of hydrogen-bond acceptors (Lipinski definition) is 4. The number of rotatable bonds is 3. The van der Waals surface area contributed by atoms with Crippen molar-refractivity contribution in [2.75, 3.05) is 0 Å². The number of carbonyl (C=O) groups is 1. The monoisotopic (exact) mass is 338 g/mol. The lowest BCUT2D eigenvalue weighted by atomic mass is 10.0. The number of benzene rings is 1. The van der Waals surface area contributed by atoms with Gasteiger partial charge in [-0.1, -0.05) is 42.5 Å². The van der Waals surface area contributed by atoms with Crippen LogP contribution in [-0.4, -0.2) is 15.9 Å². The Labute approximate surface area is 150 Å². The zero-order valence-electron chi connectivity index (χ0n) is 13.8. The Bertz CT molecular complexity index is 1020. The number of hydrogen-bond donors (Lipinski definition) is 1. The fourth-order valence-corrected chi connectivity index (χ4v) is 3.08. The molecule has 0 saturated carbocycles. The average Bonchev–Trinajstić information content (AvgIpc) is 3.03. The molecule has 2 aromatic heterocycles. The number of carbonyl (C=O) groups excluding carboxylic acids is 1. The van der Waals surface area contributed by atoms with Gasteiger partial charge in [0.1, 0.15) is 11.6 Å². The molecule has 4 rings (SSSR count). The molecule has 5 nitrogen and oxygen atoms in total. The number of fused-ring (bicyclic) bond motifs is 3. The quantitative estimate of drug-likeness (QED) is 0.460. The van der Waals surface area contributed by atoms with Crippen LogP contribution >= 0.6 is 0 Å². The number of nitrogens with zero attached hydrogens (tertiary/aromatic N) is 3. The summed E-state index contributed by atoms with van der Waals surface area (Å²) in [6, 6.07) is 19.1. The summed E-state index contributed by atoms with van der Waals surface area (Å²) in [4.78, 5) is 21.5. The number of nitriles is 1. The molecule has 1 amide bonds. The van der Waals surface area contributed by atoms with Gasteiger partial charge in [-0.25, -0.2) is 0 Å². The van der Waals surface area contributed by atoms with Crippen molar-refractivity contribution in [3.05, 3.63) is 89.5 Å². The van der Waals surface area contributed by atoms with E-state index in [9.17, 15) is 10.1 Å². The molecule has 124 valence electrons.